The molecule has 5 heteroatoms. The van der Waals surface area contributed by atoms with E-state index in [9.17, 15) is 0 Å². The second kappa shape index (κ2) is 4.33. The van der Waals surface area contributed by atoms with E-state index in [-0.39, 0.29) is 18.3 Å². The molecule has 0 aromatic carbocycles. The molecule has 1 aromatic heterocycles. The number of aromatic nitrogens is 1. The van der Waals surface area contributed by atoms with Gasteiger partial charge in [0.1, 0.15) is 0 Å². The summed E-state index contributed by atoms with van der Waals surface area (Å²) in [6, 6.07) is 3.92. The molecule has 4 nitrogen and oxygen atoms in total. The Balaban J connectivity index is 2.30. The Bertz CT molecular complexity index is 444. The predicted octanol–water partition coefficient (Wildman–Crippen LogP) is 1.15. The highest BCUT2D eigenvalue weighted by Gasteiger charge is 2.52. The third-order valence-corrected chi connectivity index (χ3v) is 3.90. The van der Waals surface area contributed by atoms with Gasteiger partial charge in [0.25, 0.3) is 0 Å². The van der Waals surface area contributed by atoms with E-state index in [1.54, 1.807) is 0 Å². The second-order valence-electron chi connectivity index (χ2n) is 5.77. The van der Waals surface area contributed by atoms with Gasteiger partial charge in [0.15, 0.2) is 0 Å². The lowest BCUT2D eigenvalue weighted by Gasteiger charge is -2.32. The molecule has 18 heavy (non-hydrogen) atoms. The average Bonchev–Trinajstić information content (AvgIpc) is 2.47. The smallest absolute Gasteiger partial charge is 0.399 e. The standard InChI is InChI=1S/C13H21BN2O2/c1-9-11(7-6-10(8-15)16-9)14-17-12(2,3)13(4,5)18-14/h6-7H,8,15H2,1-5H3. The first kappa shape index (κ1) is 13.5. The SMILES string of the molecule is Cc1nc(CN)ccc1B1OC(C)(C)C(C)(C)O1. The molecule has 2 heterocycles. The molecule has 0 unspecified atom stereocenters. The molecular formula is C13H21BN2O2. The monoisotopic (exact) mass is 248 g/mol. The summed E-state index contributed by atoms with van der Waals surface area (Å²) < 4.78 is 12.0. The minimum Gasteiger partial charge on any atom is -0.399 e. The summed E-state index contributed by atoms with van der Waals surface area (Å²) in [5.41, 5.74) is 7.71. The summed E-state index contributed by atoms with van der Waals surface area (Å²) in [5.74, 6) is 0. The van der Waals surface area contributed by atoms with Gasteiger partial charge < -0.3 is 15.0 Å². The van der Waals surface area contributed by atoms with Crippen molar-refractivity contribution in [3.8, 4) is 0 Å². The summed E-state index contributed by atoms with van der Waals surface area (Å²) in [5, 5.41) is 0. The van der Waals surface area contributed by atoms with E-state index in [0.29, 0.717) is 6.54 Å². The first-order valence-corrected chi connectivity index (χ1v) is 6.29. The van der Waals surface area contributed by atoms with Crippen LogP contribution in [0.1, 0.15) is 39.1 Å². The Morgan fingerprint density at radius 1 is 1.17 bits per heavy atom. The third kappa shape index (κ3) is 2.18. The number of hydrogen-bond donors (Lipinski definition) is 1. The maximum Gasteiger partial charge on any atom is 0.496 e. The fourth-order valence-corrected chi connectivity index (χ4v) is 1.96. The molecule has 2 N–H and O–H groups in total. The molecular weight excluding hydrogens is 227 g/mol. The Morgan fingerprint density at radius 2 is 1.72 bits per heavy atom. The first-order valence-electron chi connectivity index (χ1n) is 6.29. The zero-order chi connectivity index (χ0) is 13.6. The molecule has 0 saturated carbocycles. The first-order chi connectivity index (χ1) is 8.27. The van der Waals surface area contributed by atoms with Crippen LogP contribution in [0.5, 0.6) is 0 Å². The van der Waals surface area contributed by atoms with Gasteiger partial charge in [-0.3, -0.25) is 4.98 Å². The lowest BCUT2D eigenvalue weighted by molar-refractivity contribution is 0.00578. The van der Waals surface area contributed by atoms with Gasteiger partial charge in [0.05, 0.1) is 16.9 Å². The molecule has 1 aromatic rings. The Kier molecular flexibility index (Phi) is 3.26. The van der Waals surface area contributed by atoms with Crippen molar-refractivity contribution in [3.63, 3.8) is 0 Å². The minimum atomic E-state index is -0.352. The second-order valence-corrected chi connectivity index (χ2v) is 5.77. The van der Waals surface area contributed by atoms with Crippen LogP contribution in [-0.2, 0) is 15.9 Å². The molecule has 0 amide bonds. The molecule has 0 radical (unpaired) electrons. The van der Waals surface area contributed by atoms with Crippen molar-refractivity contribution in [1.82, 2.24) is 4.98 Å². The molecule has 2 rings (SSSR count). The van der Waals surface area contributed by atoms with Crippen molar-refractivity contribution in [2.45, 2.75) is 52.4 Å². The van der Waals surface area contributed by atoms with Gasteiger partial charge in [0.2, 0.25) is 0 Å². The summed E-state index contributed by atoms with van der Waals surface area (Å²) >= 11 is 0. The summed E-state index contributed by atoms with van der Waals surface area (Å²) in [6.07, 6.45) is 0. The van der Waals surface area contributed by atoms with Crippen LogP contribution >= 0.6 is 0 Å². The molecule has 0 bridgehead atoms. The predicted molar refractivity (Wildman–Crippen MR) is 72.6 cm³/mol. The molecule has 1 aliphatic rings. The van der Waals surface area contributed by atoms with Crippen LogP contribution in [-0.4, -0.2) is 23.3 Å². The number of pyridine rings is 1. The molecule has 0 aliphatic carbocycles. The highest BCUT2D eigenvalue weighted by molar-refractivity contribution is 6.62. The minimum absolute atomic E-state index is 0.323. The van der Waals surface area contributed by atoms with Crippen molar-refractivity contribution >= 4 is 12.6 Å². The largest absolute Gasteiger partial charge is 0.496 e. The van der Waals surface area contributed by atoms with Gasteiger partial charge in [-0.25, -0.2) is 0 Å². The van der Waals surface area contributed by atoms with Crippen molar-refractivity contribution in [3.05, 3.63) is 23.5 Å². The lowest BCUT2D eigenvalue weighted by Crippen LogP contribution is -2.41. The number of hydrogen-bond acceptors (Lipinski definition) is 4. The van der Waals surface area contributed by atoms with Crippen molar-refractivity contribution in [2.75, 3.05) is 0 Å². The van der Waals surface area contributed by atoms with E-state index in [1.807, 2.05) is 46.8 Å². The van der Waals surface area contributed by atoms with E-state index < -0.39 is 0 Å². The van der Waals surface area contributed by atoms with Crippen LogP contribution in [0.15, 0.2) is 12.1 Å². The van der Waals surface area contributed by atoms with Crippen LogP contribution in [0.4, 0.5) is 0 Å². The maximum atomic E-state index is 6.01. The van der Waals surface area contributed by atoms with Gasteiger partial charge in [-0.05, 0) is 40.7 Å². The molecule has 1 saturated heterocycles. The van der Waals surface area contributed by atoms with Gasteiger partial charge in [-0.15, -0.1) is 0 Å². The molecule has 1 fully saturated rings. The van der Waals surface area contributed by atoms with Crippen molar-refractivity contribution in [1.29, 1.82) is 0 Å². The number of nitrogens with zero attached hydrogens (tertiary/aromatic N) is 1. The normalized spacial score (nSPS) is 21.3. The molecule has 0 atom stereocenters. The summed E-state index contributed by atoms with van der Waals surface area (Å²) in [6.45, 7) is 10.6. The fraction of sp³-hybridized carbons (Fsp3) is 0.615. The average molecular weight is 248 g/mol. The lowest BCUT2D eigenvalue weighted by atomic mass is 9.78. The van der Waals surface area contributed by atoms with Crippen molar-refractivity contribution < 1.29 is 9.31 Å². The zero-order valence-corrected chi connectivity index (χ0v) is 11.8. The summed E-state index contributed by atoms with van der Waals surface area (Å²) in [7, 11) is -0.352. The maximum absolute atomic E-state index is 6.01. The highest BCUT2D eigenvalue weighted by atomic mass is 16.7. The van der Waals surface area contributed by atoms with E-state index in [1.165, 1.54) is 0 Å². The fourth-order valence-electron chi connectivity index (χ4n) is 1.96. The zero-order valence-electron chi connectivity index (χ0n) is 11.8. The third-order valence-electron chi connectivity index (χ3n) is 3.90. The number of aryl methyl sites for hydroxylation is 1. The highest BCUT2D eigenvalue weighted by Crippen LogP contribution is 2.36. The number of nitrogens with two attached hydrogens (primary N) is 1. The van der Waals surface area contributed by atoms with Crippen molar-refractivity contribution in [2.24, 2.45) is 5.73 Å². The molecule has 1 aliphatic heterocycles. The molecule has 98 valence electrons. The van der Waals surface area contributed by atoms with Crippen LogP contribution in [0.25, 0.3) is 0 Å². The van der Waals surface area contributed by atoms with Crippen LogP contribution < -0.4 is 11.2 Å². The van der Waals surface area contributed by atoms with Crippen LogP contribution in [0.2, 0.25) is 0 Å². The quantitative estimate of drug-likeness (QED) is 0.797. The Hall–Kier alpha value is -0.905. The molecule has 0 spiro atoms. The van der Waals surface area contributed by atoms with E-state index in [2.05, 4.69) is 4.98 Å². The van der Waals surface area contributed by atoms with E-state index >= 15 is 0 Å². The van der Waals surface area contributed by atoms with Gasteiger partial charge >= 0.3 is 7.12 Å². The van der Waals surface area contributed by atoms with Gasteiger partial charge in [0, 0.05) is 17.7 Å². The van der Waals surface area contributed by atoms with Crippen LogP contribution in [0, 0.1) is 6.92 Å². The topological polar surface area (TPSA) is 57.4 Å². The van der Waals surface area contributed by atoms with Crippen LogP contribution in [0.3, 0.4) is 0 Å². The van der Waals surface area contributed by atoms with E-state index in [0.717, 1.165) is 16.9 Å². The number of rotatable bonds is 2. The Labute approximate surface area is 109 Å². The Morgan fingerprint density at radius 3 is 2.17 bits per heavy atom. The summed E-state index contributed by atoms with van der Waals surface area (Å²) in [4.78, 5) is 4.45. The van der Waals surface area contributed by atoms with Gasteiger partial charge in [-0.2, -0.15) is 0 Å². The van der Waals surface area contributed by atoms with E-state index in [4.69, 9.17) is 15.0 Å². The van der Waals surface area contributed by atoms with Gasteiger partial charge in [-0.1, -0.05) is 6.07 Å².